The molecule has 0 saturated carbocycles. The van der Waals surface area contributed by atoms with Gasteiger partial charge in [-0.2, -0.15) is 13.2 Å². The molecule has 210 valence electrons. The summed E-state index contributed by atoms with van der Waals surface area (Å²) in [7, 11) is 3.60. The SMILES string of the molecule is COc1cccc2c1cc(C(=O)NCCc1cc[n+](C)cc1)n2Cc1cccc(C(=N)N)c1.O=C(O)C(F)(F)F. The monoisotopic (exact) mass is 556 g/mol. The van der Waals surface area contributed by atoms with Gasteiger partial charge in [-0.15, -0.1) is 0 Å². The van der Waals surface area contributed by atoms with Crippen LogP contribution in [0, 0.1) is 5.41 Å². The fourth-order valence-corrected chi connectivity index (χ4v) is 3.92. The van der Waals surface area contributed by atoms with Crippen LogP contribution in [0.1, 0.15) is 27.2 Å². The average Bonchev–Trinajstić information content (AvgIpc) is 3.28. The number of fused-ring (bicyclic) bond motifs is 1. The van der Waals surface area contributed by atoms with Crippen molar-refractivity contribution in [3.05, 3.63) is 95.4 Å². The fraction of sp³-hybridized carbons (Fsp3) is 0.214. The highest BCUT2D eigenvalue weighted by Crippen LogP contribution is 2.29. The number of amides is 1. The van der Waals surface area contributed by atoms with Crippen LogP contribution in [-0.4, -0.2) is 47.2 Å². The summed E-state index contributed by atoms with van der Waals surface area (Å²) in [5, 5.41) is 18.8. The number of nitrogens with one attached hydrogen (secondary N) is 2. The smallest absolute Gasteiger partial charge is 0.490 e. The zero-order valence-corrected chi connectivity index (χ0v) is 21.8. The molecule has 0 radical (unpaired) electrons. The van der Waals surface area contributed by atoms with E-state index in [0.29, 0.717) is 24.3 Å². The average molecular weight is 557 g/mol. The van der Waals surface area contributed by atoms with E-state index in [1.165, 1.54) is 0 Å². The molecular formula is C28H29F3N5O4+. The molecule has 0 fully saturated rings. The van der Waals surface area contributed by atoms with Crippen molar-refractivity contribution in [3.8, 4) is 5.75 Å². The number of alkyl halides is 3. The molecule has 4 rings (SSSR count). The quantitative estimate of drug-likeness (QED) is 0.150. The van der Waals surface area contributed by atoms with Crippen LogP contribution in [-0.2, 0) is 24.8 Å². The molecule has 0 aliphatic carbocycles. The molecule has 2 heterocycles. The van der Waals surface area contributed by atoms with Crippen molar-refractivity contribution in [1.82, 2.24) is 9.88 Å². The molecule has 40 heavy (non-hydrogen) atoms. The summed E-state index contributed by atoms with van der Waals surface area (Å²) in [5.41, 5.74) is 9.90. The number of pyridine rings is 1. The molecule has 0 saturated heterocycles. The third-order valence-electron chi connectivity index (χ3n) is 5.93. The minimum absolute atomic E-state index is 0.0170. The van der Waals surface area contributed by atoms with E-state index in [2.05, 4.69) is 17.4 Å². The number of nitrogen functional groups attached to an aromatic ring is 1. The molecule has 0 unspecified atom stereocenters. The maximum atomic E-state index is 13.2. The summed E-state index contributed by atoms with van der Waals surface area (Å²) in [6.07, 6.45) is -0.344. The number of ether oxygens (including phenoxy) is 1. The molecule has 4 aromatic rings. The number of nitrogens with two attached hydrogens (primary N) is 1. The van der Waals surface area contributed by atoms with Crippen LogP contribution in [0.3, 0.4) is 0 Å². The number of carboxylic acid groups (broad SMARTS) is 1. The van der Waals surface area contributed by atoms with Crippen LogP contribution < -0.4 is 20.4 Å². The van der Waals surface area contributed by atoms with Gasteiger partial charge in [0.1, 0.15) is 24.3 Å². The number of hydrogen-bond acceptors (Lipinski definition) is 4. The first kappa shape index (κ1) is 29.7. The number of carboxylic acids is 1. The van der Waals surface area contributed by atoms with Gasteiger partial charge in [0.2, 0.25) is 0 Å². The summed E-state index contributed by atoms with van der Waals surface area (Å²) in [5.74, 6) is -2.16. The molecule has 0 spiro atoms. The Hall–Kier alpha value is -4.87. The Labute approximate surface area is 228 Å². The molecule has 0 atom stereocenters. The molecule has 12 heteroatoms. The highest BCUT2D eigenvalue weighted by Gasteiger charge is 2.38. The van der Waals surface area contributed by atoms with E-state index in [-0.39, 0.29) is 11.7 Å². The van der Waals surface area contributed by atoms with Crippen molar-refractivity contribution in [1.29, 1.82) is 5.41 Å². The van der Waals surface area contributed by atoms with E-state index in [1.54, 1.807) is 13.2 Å². The van der Waals surface area contributed by atoms with Crippen LogP contribution >= 0.6 is 0 Å². The normalized spacial score (nSPS) is 10.9. The van der Waals surface area contributed by atoms with E-state index in [0.717, 1.165) is 34.2 Å². The maximum absolute atomic E-state index is 13.2. The first-order chi connectivity index (χ1) is 18.9. The van der Waals surface area contributed by atoms with Crippen LogP contribution in [0.5, 0.6) is 5.75 Å². The zero-order valence-electron chi connectivity index (χ0n) is 21.8. The lowest BCUT2D eigenvalue weighted by atomic mass is 10.1. The van der Waals surface area contributed by atoms with Crippen molar-refractivity contribution in [2.45, 2.75) is 19.1 Å². The van der Waals surface area contributed by atoms with Crippen LogP contribution in [0.25, 0.3) is 10.9 Å². The number of benzene rings is 2. The van der Waals surface area contributed by atoms with Gasteiger partial charge in [-0.3, -0.25) is 10.2 Å². The van der Waals surface area contributed by atoms with Gasteiger partial charge in [0.05, 0.1) is 12.6 Å². The Morgan fingerprint density at radius 3 is 2.33 bits per heavy atom. The molecule has 2 aromatic heterocycles. The zero-order chi connectivity index (χ0) is 29.4. The number of carbonyl (C=O) groups is 2. The summed E-state index contributed by atoms with van der Waals surface area (Å²) in [6.45, 7) is 1.00. The second-order valence-corrected chi connectivity index (χ2v) is 8.80. The first-order valence-electron chi connectivity index (χ1n) is 12.0. The van der Waals surface area contributed by atoms with Crippen LogP contribution in [0.15, 0.2) is 73.1 Å². The molecular weight excluding hydrogens is 527 g/mol. The number of carbonyl (C=O) groups excluding carboxylic acids is 1. The number of aromatic nitrogens is 2. The highest BCUT2D eigenvalue weighted by molar-refractivity contribution is 6.00. The van der Waals surface area contributed by atoms with Gasteiger partial charge in [0, 0.05) is 36.2 Å². The number of nitrogens with zero attached hydrogens (tertiary/aromatic N) is 2. The number of halogens is 3. The van der Waals surface area contributed by atoms with Crippen molar-refractivity contribution in [2.75, 3.05) is 13.7 Å². The van der Waals surface area contributed by atoms with E-state index in [4.69, 9.17) is 25.8 Å². The Morgan fingerprint density at radius 2 is 1.73 bits per heavy atom. The number of aliphatic carboxylic acids is 1. The predicted molar refractivity (Wildman–Crippen MR) is 142 cm³/mol. The Bertz CT molecular complexity index is 1510. The third-order valence-corrected chi connectivity index (χ3v) is 5.93. The topological polar surface area (TPSA) is 134 Å². The number of hydrogen-bond donors (Lipinski definition) is 4. The fourth-order valence-electron chi connectivity index (χ4n) is 3.92. The van der Waals surface area contributed by atoms with Crippen molar-refractivity contribution in [3.63, 3.8) is 0 Å². The lowest BCUT2D eigenvalue weighted by molar-refractivity contribution is -0.671. The summed E-state index contributed by atoms with van der Waals surface area (Å²) < 4.78 is 41.2. The summed E-state index contributed by atoms with van der Waals surface area (Å²) in [6, 6.07) is 19.3. The summed E-state index contributed by atoms with van der Waals surface area (Å²) >= 11 is 0. The second kappa shape index (κ2) is 12.8. The third kappa shape index (κ3) is 7.59. The van der Waals surface area contributed by atoms with Crippen molar-refractivity contribution >= 4 is 28.6 Å². The van der Waals surface area contributed by atoms with Gasteiger partial charge >= 0.3 is 12.1 Å². The van der Waals surface area contributed by atoms with Gasteiger partial charge in [-0.05, 0) is 41.8 Å². The Morgan fingerprint density at radius 1 is 1.07 bits per heavy atom. The van der Waals surface area contributed by atoms with E-state index >= 15 is 0 Å². The lowest BCUT2D eigenvalue weighted by Crippen LogP contribution is -2.29. The Balaban J connectivity index is 0.000000559. The molecule has 0 bridgehead atoms. The number of rotatable bonds is 8. The minimum atomic E-state index is -5.08. The number of aryl methyl sites for hydroxylation is 1. The standard InChI is InChI=1S/C26H27N5O2.C2HF3O2/c1-30-13-10-18(11-14-30)9-12-29-26(32)23-16-21-22(7-4-8-24(21)33-2)31(23)17-19-5-3-6-20(15-19)25(27)28;3-2(4,5)1(6)7/h3-8,10-11,13-16H,9,12,17H2,1-2H3,(H3-,27,28,29,32);(H,6,7)/p+1. The molecule has 0 aliphatic rings. The Kier molecular flexibility index (Phi) is 9.49. The summed E-state index contributed by atoms with van der Waals surface area (Å²) in [4.78, 5) is 22.1. The highest BCUT2D eigenvalue weighted by atomic mass is 19.4. The second-order valence-electron chi connectivity index (χ2n) is 8.80. The largest absolute Gasteiger partial charge is 0.496 e. The van der Waals surface area contributed by atoms with E-state index in [9.17, 15) is 18.0 Å². The van der Waals surface area contributed by atoms with Crippen LogP contribution in [0.4, 0.5) is 13.2 Å². The van der Waals surface area contributed by atoms with Gasteiger partial charge in [-0.1, -0.05) is 24.3 Å². The lowest BCUT2D eigenvalue weighted by Gasteiger charge is -2.12. The van der Waals surface area contributed by atoms with Crippen molar-refractivity contribution < 1.29 is 37.2 Å². The van der Waals surface area contributed by atoms with Crippen molar-refractivity contribution in [2.24, 2.45) is 12.8 Å². The molecule has 5 N–H and O–H groups in total. The first-order valence-corrected chi connectivity index (χ1v) is 12.0. The molecule has 2 aromatic carbocycles. The van der Waals surface area contributed by atoms with E-state index < -0.39 is 12.1 Å². The minimum Gasteiger partial charge on any atom is -0.496 e. The molecule has 1 amide bonds. The molecule has 9 nitrogen and oxygen atoms in total. The maximum Gasteiger partial charge on any atom is 0.490 e. The van der Waals surface area contributed by atoms with E-state index in [1.807, 2.05) is 71.0 Å². The van der Waals surface area contributed by atoms with Crippen LogP contribution in [0.2, 0.25) is 0 Å². The van der Waals surface area contributed by atoms with Gasteiger partial charge < -0.3 is 25.5 Å². The number of amidine groups is 1. The van der Waals surface area contributed by atoms with Gasteiger partial charge in [-0.25, -0.2) is 9.36 Å². The predicted octanol–water partition coefficient (Wildman–Crippen LogP) is 3.41. The van der Waals surface area contributed by atoms with Gasteiger partial charge in [0.25, 0.3) is 5.91 Å². The van der Waals surface area contributed by atoms with Gasteiger partial charge in [0.15, 0.2) is 12.4 Å². The molecule has 0 aliphatic heterocycles. The number of methoxy groups -OCH3 is 1.